The number of nitriles is 2. The summed E-state index contributed by atoms with van der Waals surface area (Å²) in [4.78, 5) is 15.5. The molecule has 1 saturated carbocycles. The highest BCUT2D eigenvalue weighted by atomic mass is 16.2. The van der Waals surface area contributed by atoms with Crippen LogP contribution in [0.25, 0.3) is 0 Å². The van der Waals surface area contributed by atoms with E-state index in [1.807, 2.05) is 0 Å². The molecule has 1 aliphatic carbocycles. The molecule has 0 bridgehead atoms. The van der Waals surface area contributed by atoms with Gasteiger partial charge in [0, 0.05) is 5.92 Å². The zero-order valence-corrected chi connectivity index (χ0v) is 19.1. The first-order chi connectivity index (χ1) is 15.6. The third kappa shape index (κ3) is 3.96. The lowest BCUT2D eigenvalue weighted by molar-refractivity contribution is -0.152. The van der Waals surface area contributed by atoms with Crippen molar-refractivity contribution in [2.24, 2.45) is 17.4 Å². The van der Waals surface area contributed by atoms with Crippen molar-refractivity contribution in [3.63, 3.8) is 0 Å². The maximum Gasteiger partial charge on any atom is 0.229 e. The van der Waals surface area contributed by atoms with E-state index in [1.165, 1.54) is 4.90 Å². The first kappa shape index (κ1) is 23.9. The maximum atomic E-state index is 14.0. The van der Waals surface area contributed by atoms with Gasteiger partial charge >= 0.3 is 0 Å². The Morgan fingerprint density at radius 2 is 1.36 bits per heavy atom. The molecule has 0 saturated heterocycles. The van der Waals surface area contributed by atoms with Gasteiger partial charge in [0.05, 0.1) is 23.3 Å². The van der Waals surface area contributed by atoms with Crippen LogP contribution in [0.5, 0.6) is 0 Å². The van der Waals surface area contributed by atoms with E-state index in [2.05, 4.69) is 25.3 Å². The lowest BCUT2D eigenvalue weighted by Gasteiger charge is -2.53. The molecule has 2 aromatic carbocycles. The molecule has 6 nitrogen and oxygen atoms in total. The molecule has 1 aliphatic rings. The molecule has 3 rings (SSSR count). The van der Waals surface area contributed by atoms with Crippen LogP contribution < -0.4 is 11.5 Å². The Bertz CT molecular complexity index is 1120. The Balaban J connectivity index is 2.36. The number of nitrogens with zero attached hydrogens (tertiary/aromatic N) is 3. The van der Waals surface area contributed by atoms with Crippen LogP contribution in [-0.2, 0) is 16.1 Å². The van der Waals surface area contributed by atoms with Crippen molar-refractivity contribution in [1.29, 1.82) is 10.5 Å². The van der Waals surface area contributed by atoms with Crippen LogP contribution in [0.2, 0.25) is 0 Å². The van der Waals surface area contributed by atoms with Crippen molar-refractivity contribution in [3.05, 3.63) is 95.1 Å². The highest BCUT2D eigenvalue weighted by molar-refractivity contribution is 5.83. The average molecular weight is 440 g/mol. The van der Waals surface area contributed by atoms with Crippen molar-refractivity contribution >= 4 is 5.91 Å². The predicted octanol–water partition coefficient (Wildman–Crippen LogP) is 4.13. The van der Waals surface area contributed by atoms with Crippen LogP contribution in [-0.4, -0.2) is 10.8 Å². The van der Waals surface area contributed by atoms with Gasteiger partial charge in [-0.05, 0) is 73.2 Å². The molecule has 0 heterocycles. The second-order valence-electron chi connectivity index (χ2n) is 8.78. The van der Waals surface area contributed by atoms with E-state index in [0.29, 0.717) is 33.4 Å². The zero-order valence-electron chi connectivity index (χ0n) is 19.1. The maximum absolute atomic E-state index is 14.0. The molecule has 0 spiro atoms. The summed E-state index contributed by atoms with van der Waals surface area (Å²) in [5.74, 6) is -0.435. The highest BCUT2D eigenvalue weighted by Crippen LogP contribution is 2.44. The molecule has 0 aromatic heterocycles. The molecule has 168 valence electrons. The molecule has 4 N–H and O–H groups in total. The predicted molar refractivity (Wildman–Crippen MR) is 128 cm³/mol. The van der Waals surface area contributed by atoms with Crippen LogP contribution in [0.15, 0.2) is 72.8 Å². The number of hydrogen-bond acceptors (Lipinski definition) is 5. The lowest BCUT2D eigenvalue weighted by atomic mass is 9.78. The van der Waals surface area contributed by atoms with Crippen LogP contribution in [0.1, 0.15) is 55.4 Å². The number of carbonyl (C=O) groups is 1. The van der Waals surface area contributed by atoms with Crippen molar-refractivity contribution in [1.82, 2.24) is 4.90 Å². The summed E-state index contributed by atoms with van der Waals surface area (Å²) in [5, 5.41) is 18.9. The monoisotopic (exact) mass is 439 g/mol. The minimum Gasteiger partial charge on any atom is -0.301 e. The fraction of sp³-hybridized carbons (Fsp3) is 0.296. The second kappa shape index (κ2) is 9.03. The molecular weight excluding hydrogens is 410 g/mol. The molecule has 33 heavy (non-hydrogen) atoms. The summed E-state index contributed by atoms with van der Waals surface area (Å²) in [7, 11) is 0. The number of benzene rings is 2. The summed E-state index contributed by atoms with van der Waals surface area (Å²) in [6, 6.07) is 17.9. The SMILES string of the molecule is C=C(C)C(N)(c1cccc(C#N)c1)N(C(=O)C1CCC1)C(N)(C(=C)C)c1cccc(C#N)c1. The van der Waals surface area contributed by atoms with E-state index in [4.69, 9.17) is 11.5 Å². The van der Waals surface area contributed by atoms with E-state index >= 15 is 0 Å². The number of carbonyl (C=O) groups excluding carboxylic acids is 1. The molecule has 1 amide bonds. The number of hydrogen-bond donors (Lipinski definition) is 2. The Hall–Kier alpha value is -3.71. The van der Waals surface area contributed by atoms with Gasteiger partial charge in [0.15, 0.2) is 0 Å². The Kier molecular flexibility index (Phi) is 6.56. The summed E-state index contributed by atoms with van der Waals surface area (Å²) in [6.45, 7) is 11.7. The third-order valence-corrected chi connectivity index (χ3v) is 6.55. The third-order valence-electron chi connectivity index (χ3n) is 6.55. The van der Waals surface area contributed by atoms with Gasteiger partial charge in [-0.25, -0.2) is 0 Å². The Morgan fingerprint density at radius 3 is 1.67 bits per heavy atom. The van der Waals surface area contributed by atoms with Crippen molar-refractivity contribution in [2.75, 3.05) is 0 Å². The van der Waals surface area contributed by atoms with Crippen molar-refractivity contribution in [3.8, 4) is 12.1 Å². The molecule has 2 aromatic rings. The van der Waals surface area contributed by atoms with E-state index in [9.17, 15) is 15.3 Å². The van der Waals surface area contributed by atoms with E-state index in [1.54, 1.807) is 62.4 Å². The fourth-order valence-electron chi connectivity index (χ4n) is 4.25. The second-order valence-corrected chi connectivity index (χ2v) is 8.78. The number of rotatable bonds is 7. The molecular formula is C27H29N5O. The Labute approximate surface area is 195 Å². The van der Waals surface area contributed by atoms with Crippen LogP contribution in [0.3, 0.4) is 0 Å². The smallest absolute Gasteiger partial charge is 0.229 e. The zero-order chi connectivity index (χ0) is 24.4. The molecule has 6 heteroatoms. The van der Waals surface area contributed by atoms with Gasteiger partial charge in [-0.2, -0.15) is 10.5 Å². The highest BCUT2D eigenvalue weighted by Gasteiger charge is 2.52. The van der Waals surface area contributed by atoms with Gasteiger partial charge < -0.3 is 11.5 Å². The van der Waals surface area contributed by atoms with E-state index < -0.39 is 11.3 Å². The van der Waals surface area contributed by atoms with Gasteiger partial charge in [0.1, 0.15) is 11.3 Å². The molecule has 0 aliphatic heterocycles. The summed E-state index contributed by atoms with van der Waals surface area (Å²) in [6.07, 6.45) is 2.43. The van der Waals surface area contributed by atoms with Crippen molar-refractivity contribution < 1.29 is 4.79 Å². The first-order valence-corrected chi connectivity index (χ1v) is 10.9. The lowest BCUT2D eigenvalue weighted by Crippen LogP contribution is -2.69. The largest absolute Gasteiger partial charge is 0.301 e. The summed E-state index contributed by atoms with van der Waals surface area (Å²) >= 11 is 0. The normalized spacial score (nSPS) is 16.8. The molecule has 2 unspecified atom stereocenters. The van der Waals surface area contributed by atoms with Gasteiger partial charge in [0.2, 0.25) is 5.91 Å². The van der Waals surface area contributed by atoms with Crippen LogP contribution >= 0.6 is 0 Å². The van der Waals surface area contributed by atoms with Gasteiger partial charge in [-0.3, -0.25) is 9.69 Å². The summed E-state index contributed by atoms with van der Waals surface area (Å²) < 4.78 is 0. The van der Waals surface area contributed by atoms with Gasteiger partial charge in [0.25, 0.3) is 0 Å². The van der Waals surface area contributed by atoms with E-state index in [-0.39, 0.29) is 11.8 Å². The molecule has 2 atom stereocenters. The molecule has 0 radical (unpaired) electrons. The fourth-order valence-corrected chi connectivity index (χ4v) is 4.25. The number of nitrogens with two attached hydrogens (primary N) is 2. The standard InChI is InChI=1S/C27H29N5O/c1-18(2)26(30,23-12-5-8-20(14-23)16-28)32(25(33)22-10-7-11-22)27(31,19(3)4)24-13-6-9-21(15-24)17-29/h5-6,8-9,12-15,22H,1,3,7,10-11,30-31H2,2,4H3. The topological polar surface area (TPSA) is 120 Å². The average Bonchev–Trinajstić information content (AvgIpc) is 2.77. The minimum absolute atomic E-state index is 0.207. The van der Waals surface area contributed by atoms with Gasteiger partial charge in [-0.15, -0.1) is 0 Å². The van der Waals surface area contributed by atoms with Crippen molar-refractivity contribution in [2.45, 2.75) is 44.4 Å². The Morgan fingerprint density at radius 1 is 0.939 bits per heavy atom. The number of amides is 1. The minimum atomic E-state index is -1.53. The van der Waals surface area contributed by atoms with Crippen LogP contribution in [0, 0.1) is 28.6 Å². The van der Waals surface area contributed by atoms with Crippen LogP contribution in [0.4, 0.5) is 0 Å². The molecule has 1 fully saturated rings. The van der Waals surface area contributed by atoms with Gasteiger partial charge in [-0.1, -0.05) is 43.8 Å². The van der Waals surface area contributed by atoms with E-state index in [0.717, 1.165) is 19.3 Å². The quantitative estimate of drug-likeness (QED) is 0.496. The first-order valence-electron chi connectivity index (χ1n) is 10.9. The summed E-state index contributed by atoms with van der Waals surface area (Å²) in [5.41, 5.74) is 13.9.